The van der Waals surface area contributed by atoms with Crippen molar-refractivity contribution < 1.29 is 9.53 Å². The number of fused-ring (bicyclic) bond motifs is 1. The zero-order valence-electron chi connectivity index (χ0n) is 10.8. The molecular formula is C14H13N3O2. The summed E-state index contributed by atoms with van der Waals surface area (Å²) in [4.78, 5) is 12.0. The molecule has 0 fully saturated rings. The van der Waals surface area contributed by atoms with E-state index in [-0.39, 0.29) is 13.0 Å². The second kappa shape index (κ2) is 5.44. The predicted octanol–water partition coefficient (Wildman–Crippen LogP) is 2.32. The highest BCUT2D eigenvalue weighted by molar-refractivity contribution is 6.03. The maximum Gasteiger partial charge on any atom is 0.340 e. The van der Waals surface area contributed by atoms with Crippen molar-refractivity contribution in [1.29, 1.82) is 5.26 Å². The Morgan fingerprint density at radius 1 is 1.42 bits per heavy atom. The van der Waals surface area contributed by atoms with E-state index in [1.165, 1.54) is 6.20 Å². The Balaban J connectivity index is 2.44. The van der Waals surface area contributed by atoms with Gasteiger partial charge in [-0.1, -0.05) is 11.6 Å². The molecule has 1 aromatic heterocycles. The van der Waals surface area contributed by atoms with Gasteiger partial charge in [-0.25, -0.2) is 4.79 Å². The maximum absolute atomic E-state index is 12.0. The summed E-state index contributed by atoms with van der Waals surface area (Å²) >= 11 is 0. The molecule has 1 aromatic carbocycles. The summed E-state index contributed by atoms with van der Waals surface area (Å²) in [6, 6.07) is 5.80. The van der Waals surface area contributed by atoms with Gasteiger partial charge >= 0.3 is 5.97 Å². The first-order chi connectivity index (χ1) is 9.13. The van der Waals surface area contributed by atoms with Gasteiger partial charge in [0.2, 0.25) is 0 Å². The Hall–Kier alpha value is -2.48. The number of hydrogen-bond acceptors (Lipinski definition) is 5. The van der Waals surface area contributed by atoms with Crippen LogP contribution in [0.1, 0.15) is 27.9 Å². The van der Waals surface area contributed by atoms with Crippen LogP contribution in [-0.2, 0) is 4.74 Å². The van der Waals surface area contributed by atoms with E-state index in [9.17, 15) is 4.79 Å². The number of nitriles is 1. The van der Waals surface area contributed by atoms with Gasteiger partial charge in [-0.05, 0) is 25.5 Å². The van der Waals surface area contributed by atoms with Crippen LogP contribution < -0.4 is 0 Å². The molecule has 0 atom stereocenters. The number of rotatable bonds is 3. The van der Waals surface area contributed by atoms with Crippen LogP contribution in [0.5, 0.6) is 0 Å². The molecular weight excluding hydrogens is 242 g/mol. The summed E-state index contributed by atoms with van der Waals surface area (Å²) in [6.45, 7) is 3.97. The van der Waals surface area contributed by atoms with Crippen LogP contribution in [0.25, 0.3) is 10.9 Å². The molecule has 5 nitrogen and oxygen atoms in total. The summed E-state index contributed by atoms with van der Waals surface area (Å²) in [6.07, 6.45) is 1.58. The number of aromatic nitrogens is 2. The number of carbonyl (C=O) groups is 1. The summed E-state index contributed by atoms with van der Waals surface area (Å²) in [7, 11) is 0. The summed E-state index contributed by atoms with van der Waals surface area (Å²) < 4.78 is 5.03. The Morgan fingerprint density at radius 2 is 2.21 bits per heavy atom. The first-order valence-corrected chi connectivity index (χ1v) is 5.90. The lowest BCUT2D eigenvalue weighted by Gasteiger charge is -2.07. The fourth-order valence-electron chi connectivity index (χ4n) is 1.94. The molecule has 96 valence electrons. The number of hydrogen-bond donors (Lipinski definition) is 0. The minimum absolute atomic E-state index is 0.0872. The second-order valence-corrected chi connectivity index (χ2v) is 4.28. The molecule has 2 aromatic rings. The van der Waals surface area contributed by atoms with E-state index in [1.54, 1.807) is 0 Å². The van der Waals surface area contributed by atoms with E-state index in [4.69, 9.17) is 10.00 Å². The molecule has 0 aliphatic rings. The lowest BCUT2D eigenvalue weighted by molar-refractivity contribution is 0.0515. The van der Waals surface area contributed by atoms with Crippen molar-refractivity contribution in [3.05, 3.63) is 35.0 Å². The fourth-order valence-corrected chi connectivity index (χ4v) is 1.94. The molecule has 0 radical (unpaired) electrons. The maximum atomic E-state index is 12.0. The topological polar surface area (TPSA) is 75.9 Å². The van der Waals surface area contributed by atoms with Crippen molar-refractivity contribution in [1.82, 2.24) is 10.2 Å². The van der Waals surface area contributed by atoms with Gasteiger partial charge in [0, 0.05) is 5.39 Å². The zero-order chi connectivity index (χ0) is 13.8. The van der Waals surface area contributed by atoms with Crippen LogP contribution >= 0.6 is 0 Å². The highest BCUT2D eigenvalue weighted by Crippen LogP contribution is 2.21. The van der Waals surface area contributed by atoms with Crippen LogP contribution in [0, 0.1) is 25.2 Å². The van der Waals surface area contributed by atoms with Gasteiger partial charge in [0.1, 0.15) is 6.61 Å². The van der Waals surface area contributed by atoms with Crippen molar-refractivity contribution in [2.45, 2.75) is 20.3 Å². The van der Waals surface area contributed by atoms with Gasteiger partial charge in [-0.3, -0.25) is 0 Å². The zero-order valence-corrected chi connectivity index (χ0v) is 10.8. The summed E-state index contributed by atoms with van der Waals surface area (Å²) in [5.74, 6) is -0.472. The third-order valence-corrected chi connectivity index (χ3v) is 2.75. The van der Waals surface area contributed by atoms with Gasteiger partial charge in [0.25, 0.3) is 0 Å². The fraction of sp³-hybridized carbons (Fsp3) is 0.286. The number of ether oxygens (including phenoxy) is 1. The van der Waals surface area contributed by atoms with E-state index in [0.29, 0.717) is 11.1 Å². The van der Waals surface area contributed by atoms with Gasteiger partial charge in [-0.2, -0.15) is 15.5 Å². The molecule has 0 aliphatic carbocycles. The minimum atomic E-state index is -0.472. The molecule has 1 heterocycles. The quantitative estimate of drug-likeness (QED) is 0.621. The molecule has 0 saturated carbocycles. The SMILES string of the molecule is Cc1cc(C)c2nncc(C(=O)OCCC#N)c2c1. The Kier molecular flexibility index (Phi) is 3.71. The molecule has 0 amide bonds. The average Bonchev–Trinajstić information content (AvgIpc) is 2.38. The van der Waals surface area contributed by atoms with Crippen LogP contribution in [0.4, 0.5) is 0 Å². The molecule has 0 N–H and O–H groups in total. The minimum Gasteiger partial charge on any atom is -0.461 e. The van der Waals surface area contributed by atoms with Crippen LogP contribution in [-0.4, -0.2) is 22.8 Å². The average molecular weight is 255 g/mol. The smallest absolute Gasteiger partial charge is 0.340 e. The predicted molar refractivity (Wildman–Crippen MR) is 69.5 cm³/mol. The highest BCUT2D eigenvalue weighted by atomic mass is 16.5. The van der Waals surface area contributed by atoms with Crippen molar-refractivity contribution in [3.8, 4) is 6.07 Å². The molecule has 0 bridgehead atoms. The third-order valence-electron chi connectivity index (χ3n) is 2.75. The normalized spacial score (nSPS) is 10.2. The van der Waals surface area contributed by atoms with Crippen molar-refractivity contribution in [2.75, 3.05) is 6.61 Å². The van der Waals surface area contributed by atoms with Crippen LogP contribution in [0.3, 0.4) is 0 Å². The van der Waals surface area contributed by atoms with E-state index in [0.717, 1.165) is 16.5 Å². The van der Waals surface area contributed by atoms with Gasteiger partial charge in [-0.15, -0.1) is 0 Å². The van der Waals surface area contributed by atoms with E-state index >= 15 is 0 Å². The van der Waals surface area contributed by atoms with E-state index < -0.39 is 5.97 Å². The van der Waals surface area contributed by atoms with Crippen LogP contribution in [0.2, 0.25) is 0 Å². The first kappa shape index (κ1) is 13.0. The molecule has 0 saturated heterocycles. The Labute approximate surface area is 110 Å². The van der Waals surface area contributed by atoms with Gasteiger partial charge in [0.05, 0.1) is 29.8 Å². The standard InChI is InChI=1S/C14H13N3O2/c1-9-6-10(2)13-11(7-9)12(8-16-17-13)14(18)19-5-3-4-15/h6-8H,3,5H2,1-2H3. The Morgan fingerprint density at radius 3 is 2.95 bits per heavy atom. The molecule has 0 aliphatic heterocycles. The lowest BCUT2D eigenvalue weighted by Crippen LogP contribution is -2.08. The first-order valence-electron chi connectivity index (χ1n) is 5.90. The molecule has 0 unspecified atom stereocenters. The molecule has 5 heteroatoms. The number of carbonyl (C=O) groups excluding carboxylic acids is 1. The Bertz CT molecular complexity index is 674. The highest BCUT2D eigenvalue weighted by Gasteiger charge is 2.14. The van der Waals surface area contributed by atoms with E-state index in [2.05, 4.69) is 10.2 Å². The van der Waals surface area contributed by atoms with Gasteiger partial charge < -0.3 is 4.74 Å². The van der Waals surface area contributed by atoms with Crippen molar-refractivity contribution >= 4 is 16.9 Å². The number of nitrogens with zero attached hydrogens (tertiary/aromatic N) is 3. The van der Waals surface area contributed by atoms with Crippen molar-refractivity contribution in [3.63, 3.8) is 0 Å². The number of benzene rings is 1. The molecule has 19 heavy (non-hydrogen) atoms. The summed E-state index contributed by atoms with van der Waals surface area (Å²) in [5, 5.41) is 17.0. The largest absolute Gasteiger partial charge is 0.461 e. The lowest BCUT2D eigenvalue weighted by atomic mass is 10.0. The summed E-state index contributed by atoms with van der Waals surface area (Å²) in [5.41, 5.74) is 3.09. The van der Waals surface area contributed by atoms with Gasteiger partial charge in [0.15, 0.2) is 0 Å². The van der Waals surface area contributed by atoms with Crippen molar-refractivity contribution in [2.24, 2.45) is 0 Å². The number of esters is 1. The van der Waals surface area contributed by atoms with E-state index in [1.807, 2.05) is 32.0 Å². The molecule has 0 spiro atoms. The monoisotopic (exact) mass is 255 g/mol. The third kappa shape index (κ3) is 2.68. The van der Waals surface area contributed by atoms with Crippen LogP contribution in [0.15, 0.2) is 18.3 Å². The second-order valence-electron chi connectivity index (χ2n) is 4.28. The number of aryl methyl sites for hydroxylation is 2. The molecule has 2 rings (SSSR count).